The van der Waals surface area contributed by atoms with Gasteiger partial charge in [0, 0.05) is 23.4 Å². The van der Waals surface area contributed by atoms with E-state index >= 15 is 0 Å². The average Bonchev–Trinajstić information content (AvgIpc) is 2.79. The van der Waals surface area contributed by atoms with Crippen LogP contribution in [0.5, 0.6) is 0 Å². The SMILES string of the molecule is CN(C)c1ccc(/C=N\NC(=O)CN(c2ccc(I)cc2)S(=O)(=O)c2ccccc2)cc1. The molecule has 0 bridgehead atoms. The van der Waals surface area contributed by atoms with Crippen molar-refractivity contribution in [3.63, 3.8) is 0 Å². The van der Waals surface area contributed by atoms with Gasteiger partial charge in [0.05, 0.1) is 16.8 Å². The minimum atomic E-state index is -3.94. The van der Waals surface area contributed by atoms with Crippen LogP contribution < -0.4 is 14.6 Å². The third kappa shape index (κ3) is 6.07. The van der Waals surface area contributed by atoms with Crippen molar-refractivity contribution in [3.8, 4) is 0 Å². The number of anilines is 2. The fourth-order valence-electron chi connectivity index (χ4n) is 2.85. The van der Waals surface area contributed by atoms with Crippen LogP contribution in [-0.2, 0) is 14.8 Å². The summed E-state index contributed by atoms with van der Waals surface area (Å²) in [5.41, 5.74) is 4.67. The fraction of sp³-hybridized carbons (Fsp3) is 0.130. The monoisotopic (exact) mass is 562 g/mol. The molecular formula is C23H23IN4O3S. The lowest BCUT2D eigenvalue weighted by molar-refractivity contribution is -0.119. The van der Waals surface area contributed by atoms with Crippen molar-refractivity contribution in [2.75, 3.05) is 29.8 Å². The van der Waals surface area contributed by atoms with Gasteiger partial charge < -0.3 is 4.90 Å². The van der Waals surface area contributed by atoms with E-state index in [1.165, 1.54) is 18.3 Å². The maximum Gasteiger partial charge on any atom is 0.264 e. The highest BCUT2D eigenvalue weighted by molar-refractivity contribution is 14.1. The van der Waals surface area contributed by atoms with Gasteiger partial charge in [-0.1, -0.05) is 30.3 Å². The molecule has 0 saturated heterocycles. The van der Waals surface area contributed by atoms with Gasteiger partial charge in [0.15, 0.2) is 0 Å². The molecule has 166 valence electrons. The molecule has 0 fully saturated rings. The summed E-state index contributed by atoms with van der Waals surface area (Å²) in [7, 11) is -0.0375. The smallest absolute Gasteiger partial charge is 0.264 e. The number of carbonyl (C=O) groups excluding carboxylic acids is 1. The molecule has 1 N–H and O–H groups in total. The first-order valence-electron chi connectivity index (χ1n) is 9.70. The van der Waals surface area contributed by atoms with Crippen LogP contribution in [0.3, 0.4) is 0 Å². The van der Waals surface area contributed by atoms with Crippen molar-refractivity contribution < 1.29 is 13.2 Å². The normalized spacial score (nSPS) is 11.3. The number of hydrogen-bond donors (Lipinski definition) is 1. The number of benzene rings is 3. The maximum atomic E-state index is 13.2. The summed E-state index contributed by atoms with van der Waals surface area (Å²) in [5.74, 6) is -0.552. The van der Waals surface area contributed by atoms with Crippen LogP contribution in [0.25, 0.3) is 0 Å². The number of nitrogens with one attached hydrogen (secondary N) is 1. The topological polar surface area (TPSA) is 82.1 Å². The van der Waals surface area contributed by atoms with E-state index in [0.717, 1.165) is 19.1 Å². The van der Waals surface area contributed by atoms with Gasteiger partial charge in [-0.3, -0.25) is 9.10 Å². The summed E-state index contributed by atoms with van der Waals surface area (Å²) in [6, 6.07) is 22.6. The molecule has 9 heteroatoms. The summed E-state index contributed by atoms with van der Waals surface area (Å²) in [6.45, 7) is -0.408. The average molecular weight is 562 g/mol. The van der Waals surface area contributed by atoms with Gasteiger partial charge in [-0.05, 0) is 76.7 Å². The number of rotatable bonds is 8. The summed E-state index contributed by atoms with van der Waals surface area (Å²) < 4.78 is 28.5. The third-order valence-electron chi connectivity index (χ3n) is 4.55. The number of amides is 1. The largest absolute Gasteiger partial charge is 0.378 e. The van der Waals surface area contributed by atoms with E-state index in [1.54, 1.807) is 42.5 Å². The van der Waals surface area contributed by atoms with Crippen molar-refractivity contribution >= 4 is 56.1 Å². The van der Waals surface area contributed by atoms with Crippen LogP contribution in [0.2, 0.25) is 0 Å². The van der Waals surface area contributed by atoms with Crippen molar-refractivity contribution in [1.82, 2.24) is 5.43 Å². The Hall–Kier alpha value is -2.92. The van der Waals surface area contributed by atoms with Gasteiger partial charge in [-0.25, -0.2) is 13.8 Å². The third-order valence-corrected chi connectivity index (χ3v) is 7.05. The van der Waals surface area contributed by atoms with Crippen LogP contribution in [-0.4, -0.2) is 41.2 Å². The Morgan fingerprint density at radius 2 is 1.53 bits per heavy atom. The molecule has 0 unspecified atom stereocenters. The lowest BCUT2D eigenvalue weighted by Gasteiger charge is -2.23. The molecule has 0 spiro atoms. The second-order valence-corrected chi connectivity index (χ2v) is 10.2. The van der Waals surface area contributed by atoms with Gasteiger partial charge in [-0.15, -0.1) is 0 Å². The van der Waals surface area contributed by atoms with Crippen LogP contribution in [0.4, 0.5) is 11.4 Å². The highest BCUT2D eigenvalue weighted by Gasteiger charge is 2.27. The first-order valence-corrected chi connectivity index (χ1v) is 12.2. The Bertz CT molecular complexity index is 1180. The van der Waals surface area contributed by atoms with E-state index in [2.05, 4.69) is 33.1 Å². The predicted molar refractivity (Wildman–Crippen MR) is 137 cm³/mol. The Morgan fingerprint density at radius 3 is 2.12 bits per heavy atom. The quantitative estimate of drug-likeness (QED) is 0.258. The Balaban J connectivity index is 1.77. The molecule has 0 aliphatic rings. The lowest BCUT2D eigenvalue weighted by Crippen LogP contribution is -2.39. The predicted octanol–water partition coefficient (Wildman–Crippen LogP) is 3.70. The Morgan fingerprint density at radius 1 is 0.938 bits per heavy atom. The first-order chi connectivity index (χ1) is 15.3. The van der Waals surface area contributed by atoms with Crippen LogP contribution in [0, 0.1) is 3.57 Å². The summed E-state index contributed by atoms with van der Waals surface area (Å²) in [4.78, 5) is 14.7. The number of halogens is 1. The number of nitrogens with zero attached hydrogens (tertiary/aromatic N) is 3. The molecule has 0 aromatic heterocycles. The number of hydrazone groups is 1. The van der Waals surface area contributed by atoms with Crippen LogP contribution >= 0.6 is 22.6 Å². The minimum absolute atomic E-state index is 0.107. The van der Waals surface area contributed by atoms with Gasteiger partial charge in [-0.2, -0.15) is 5.10 Å². The standard InChI is InChI=1S/C23H23IN4O3S/c1-27(2)20-12-8-18(9-13-20)16-25-26-23(29)17-28(21-14-10-19(24)11-15-21)32(30,31)22-6-4-3-5-7-22/h3-16H,17H2,1-2H3,(H,26,29)/b25-16-. The van der Waals surface area contributed by atoms with Crippen molar-refractivity contribution in [2.24, 2.45) is 5.10 Å². The summed E-state index contributed by atoms with van der Waals surface area (Å²) in [6.07, 6.45) is 1.51. The lowest BCUT2D eigenvalue weighted by atomic mass is 10.2. The molecule has 3 aromatic carbocycles. The molecule has 3 rings (SSSR count). The van der Waals surface area contributed by atoms with E-state index in [0.29, 0.717) is 5.69 Å². The van der Waals surface area contributed by atoms with E-state index in [9.17, 15) is 13.2 Å². The molecular weight excluding hydrogens is 539 g/mol. The van der Waals surface area contributed by atoms with Gasteiger partial charge in [0.1, 0.15) is 6.54 Å². The molecule has 0 saturated carbocycles. The van der Waals surface area contributed by atoms with E-state index in [-0.39, 0.29) is 4.90 Å². The van der Waals surface area contributed by atoms with E-state index in [4.69, 9.17) is 0 Å². The maximum absolute atomic E-state index is 13.2. The second-order valence-electron chi connectivity index (χ2n) is 7.08. The zero-order valence-electron chi connectivity index (χ0n) is 17.6. The fourth-order valence-corrected chi connectivity index (χ4v) is 4.65. The number of hydrogen-bond acceptors (Lipinski definition) is 5. The number of sulfonamides is 1. The molecule has 0 radical (unpaired) electrons. The van der Waals surface area contributed by atoms with Crippen molar-refractivity contribution in [1.29, 1.82) is 0 Å². The van der Waals surface area contributed by atoms with Crippen LogP contribution in [0.15, 0.2) is 88.9 Å². The van der Waals surface area contributed by atoms with Gasteiger partial charge >= 0.3 is 0 Å². The highest BCUT2D eigenvalue weighted by atomic mass is 127. The molecule has 0 aliphatic heterocycles. The molecule has 7 nitrogen and oxygen atoms in total. The van der Waals surface area contributed by atoms with Crippen LogP contribution in [0.1, 0.15) is 5.56 Å². The highest BCUT2D eigenvalue weighted by Crippen LogP contribution is 2.24. The molecule has 32 heavy (non-hydrogen) atoms. The molecule has 3 aromatic rings. The Labute approximate surface area is 201 Å². The summed E-state index contributed by atoms with van der Waals surface area (Å²) in [5, 5.41) is 3.97. The molecule has 1 amide bonds. The van der Waals surface area contributed by atoms with Crippen molar-refractivity contribution in [3.05, 3.63) is 88.0 Å². The second kappa shape index (κ2) is 10.6. The zero-order valence-corrected chi connectivity index (χ0v) is 20.6. The van der Waals surface area contributed by atoms with E-state index in [1.807, 2.05) is 43.3 Å². The van der Waals surface area contributed by atoms with Gasteiger partial charge in [0.25, 0.3) is 15.9 Å². The molecule has 0 aliphatic carbocycles. The number of carbonyl (C=O) groups is 1. The van der Waals surface area contributed by atoms with E-state index < -0.39 is 22.5 Å². The summed E-state index contributed by atoms with van der Waals surface area (Å²) >= 11 is 2.14. The first kappa shape index (κ1) is 23.7. The van der Waals surface area contributed by atoms with Crippen molar-refractivity contribution in [2.45, 2.75) is 4.90 Å². The molecule has 0 atom stereocenters. The molecule has 0 heterocycles. The minimum Gasteiger partial charge on any atom is -0.378 e. The zero-order chi connectivity index (χ0) is 23.1. The Kier molecular flexibility index (Phi) is 7.86. The van der Waals surface area contributed by atoms with Gasteiger partial charge in [0.2, 0.25) is 0 Å².